The highest BCUT2D eigenvalue weighted by molar-refractivity contribution is 4.62. The molecule has 0 aliphatic carbocycles. The molecule has 3 nitrogen and oxygen atoms in total. The SMILES string of the molecule is C[C@@H](N)COCC1CCOCC1. The molecule has 3 heteroatoms. The molecule has 1 heterocycles. The van der Waals surface area contributed by atoms with E-state index < -0.39 is 0 Å². The van der Waals surface area contributed by atoms with E-state index in [9.17, 15) is 0 Å². The first-order valence-corrected chi connectivity index (χ1v) is 4.70. The Kier molecular flexibility index (Phi) is 4.58. The molecule has 1 saturated heterocycles. The molecule has 0 aromatic heterocycles. The van der Waals surface area contributed by atoms with Crippen LogP contribution in [0.25, 0.3) is 0 Å². The molecule has 0 unspecified atom stereocenters. The van der Waals surface area contributed by atoms with Gasteiger partial charge in [-0.25, -0.2) is 0 Å². The number of hydrogen-bond donors (Lipinski definition) is 1. The fourth-order valence-electron chi connectivity index (χ4n) is 1.33. The Labute approximate surface area is 74.2 Å². The van der Waals surface area contributed by atoms with E-state index in [0.29, 0.717) is 12.5 Å². The zero-order valence-electron chi connectivity index (χ0n) is 7.79. The van der Waals surface area contributed by atoms with Crippen LogP contribution in [0.4, 0.5) is 0 Å². The first kappa shape index (κ1) is 9.96. The molecule has 1 aliphatic rings. The zero-order chi connectivity index (χ0) is 8.81. The minimum atomic E-state index is 0.157. The normalized spacial score (nSPS) is 22.5. The molecule has 12 heavy (non-hydrogen) atoms. The van der Waals surface area contributed by atoms with E-state index in [-0.39, 0.29) is 6.04 Å². The topological polar surface area (TPSA) is 44.5 Å². The summed E-state index contributed by atoms with van der Waals surface area (Å²) in [6, 6.07) is 0.157. The van der Waals surface area contributed by atoms with Crippen molar-refractivity contribution in [1.82, 2.24) is 0 Å². The fraction of sp³-hybridized carbons (Fsp3) is 1.00. The summed E-state index contributed by atoms with van der Waals surface area (Å²) < 4.78 is 10.7. The van der Waals surface area contributed by atoms with Crippen LogP contribution in [-0.4, -0.2) is 32.5 Å². The van der Waals surface area contributed by atoms with Crippen LogP contribution >= 0.6 is 0 Å². The maximum absolute atomic E-state index is 5.56. The monoisotopic (exact) mass is 173 g/mol. The third-order valence-electron chi connectivity index (χ3n) is 2.08. The number of hydrogen-bond acceptors (Lipinski definition) is 3. The van der Waals surface area contributed by atoms with Crippen molar-refractivity contribution < 1.29 is 9.47 Å². The van der Waals surface area contributed by atoms with Crippen molar-refractivity contribution >= 4 is 0 Å². The van der Waals surface area contributed by atoms with Gasteiger partial charge in [0.05, 0.1) is 6.61 Å². The van der Waals surface area contributed by atoms with E-state index in [1.165, 1.54) is 0 Å². The Morgan fingerprint density at radius 2 is 2.17 bits per heavy atom. The molecule has 0 amide bonds. The van der Waals surface area contributed by atoms with Crippen molar-refractivity contribution in [3.8, 4) is 0 Å². The zero-order valence-corrected chi connectivity index (χ0v) is 7.79. The summed E-state index contributed by atoms with van der Waals surface area (Å²) in [6.07, 6.45) is 2.28. The Morgan fingerprint density at radius 3 is 2.75 bits per heavy atom. The number of rotatable bonds is 4. The highest BCUT2D eigenvalue weighted by Gasteiger charge is 2.13. The predicted octanol–water partition coefficient (Wildman–Crippen LogP) is 0.777. The van der Waals surface area contributed by atoms with E-state index in [1.54, 1.807) is 0 Å². The van der Waals surface area contributed by atoms with Gasteiger partial charge < -0.3 is 15.2 Å². The molecule has 0 saturated carbocycles. The molecule has 1 rings (SSSR count). The Balaban J connectivity index is 1.98. The van der Waals surface area contributed by atoms with Crippen molar-refractivity contribution in [2.45, 2.75) is 25.8 Å². The lowest BCUT2D eigenvalue weighted by molar-refractivity contribution is 0.0184. The lowest BCUT2D eigenvalue weighted by atomic mass is 10.0. The van der Waals surface area contributed by atoms with Gasteiger partial charge in [-0.3, -0.25) is 0 Å². The van der Waals surface area contributed by atoms with E-state index >= 15 is 0 Å². The van der Waals surface area contributed by atoms with Crippen LogP contribution in [-0.2, 0) is 9.47 Å². The summed E-state index contributed by atoms with van der Waals surface area (Å²) >= 11 is 0. The summed E-state index contributed by atoms with van der Waals surface area (Å²) in [4.78, 5) is 0. The Bertz CT molecular complexity index is 111. The third kappa shape index (κ3) is 4.04. The molecule has 0 radical (unpaired) electrons. The maximum Gasteiger partial charge on any atom is 0.0614 e. The van der Waals surface area contributed by atoms with Crippen LogP contribution in [0.5, 0.6) is 0 Å². The summed E-state index contributed by atoms with van der Waals surface area (Å²) in [5.41, 5.74) is 5.56. The first-order valence-electron chi connectivity index (χ1n) is 4.70. The van der Waals surface area contributed by atoms with E-state index in [0.717, 1.165) is 32.7 Å². The van der Waals surface area contributed by atoms with Crippen LogP contribution in [0.15, 0.2) is 0 Å². The molecule has 1 aliphatic heterocycles. The van der Waals surface area contributed by atoms with Crippen LogP contribution in [0.3, 0.4) is 0 Å². The Morgan fingerprint density at radius 1 is 1.50 bits per heavy atom. The minimum absolute atomic E-state index is 0.157. The lowest BCUT2D eigenvalue weighted by Gasteiger charge is -2.22. The summed E-state index contributed by atoms with van der Waals surface area (Å²) in [5.74, 6) is 0.692. The molecule has 0 aromatic carbocycles. The predicted molar refractivity (Wildman–Crippen MR) is 48.0 cm³/mol. The smallest absolute Gasteiger partial charge is 0.0614 e. The van der Waals surface area contributed by atoms with Gasteiger partial charge in [0.2, 0.25) is 0 Å². The van der Waals surface area contributed by atoms with Crippen molar-refractivity contribution in [2.75, 3.05) is 26.4 Å². The number of ether oxygens (including phenoxy) is 2. The fourth-order valence-corrected chi connectivity index (χ4v) is 1.33. The van der Waals surface area contributed by atoms with Crippen molar-refractivity contribution in [1.29, 1.82) is 0 Å². The van der Waals surface area contributed by atoms with Gasteiger partial charge in [-0.1, -0.05) is 0 Å². The first-order chi connectivity index (χ1) is 5.79. The van der Waals surface area contributed by atoms with Crippen molar-refractivity contribution in [2.24, 2.45) is 11.7 Å². The summed E-state index contributed by atoms with van der Waals surface area (Å²) in [7, 11) is 0. The van der Waals surface area contributed by atoms with Gasteiger partial charge in [-0.15, -0.1) is 0 Å². The largest absolute Gasteiger partial charge is 0.381 e. The van der Waals surface area contributed by atoms with Gasteiger partial charge in [0, 0.05) is 25.9 Å². The lowest BCUT2D eigenvalue weighted by Crippen LogP contribution is -2.26. The average molecular weight is 173 g/mol. The molecule has 72 valence electrons. The van der Waals surface area contributed by atoms with E-state index in [4.69, 9.17) is 15.2 Å². The molecule has 0 spiro atoms. The standard InChI is InChI=1S/C9H19NO2/c1-8(10)6-12-7-9-2-4-11-5-3-9/h8-9H,2-7,10H2,1H3/t8-/m1/s1. The summed E-state index contributed by atoms with van der Waals surface area (Å²) in [5, 5.41) is 0. The van der Waals surface area contributed by atoms with Gasteiger partial charge in [0.15, 0.2) is 0 Å². The molecule has 1 fully saturated rings. The van der Waals surface area contributed by atoms with Gasteiger partial charge in [-0.05, 0) is 25.7 Å². The van der Waals surface area contributed by atoms with Gasteiger partial charge in [-0.2, -0.15) is 0 Å². The maximum atomic E-state index is 5.56. The molecular formula is C9H19NO2. The minimum Gasteiger partial charge on any atom is -0.381 e. The average Bonchev–Trinajstić information content (AvgIpc) is 2.05. The highest BCUT2D eigenvalue weighted by Crippen LogP contribution is 2.14. The van der Waals surface area contributed by atoms with Crippen LogP contribution in [0, 0.1) is 5.92 Å². The third-order valence-corrected chi connectivity index (χ3v) is 2.08. The molecule has 0 bridgehead atoms. The quantitative estimate of drug-likeness (QED) is 0.683. The van der Waals surface area contributed by atoms with Gasteiger partial charge >= 0.3 is 0 Å². The van der Waals surface area contributed by atoms with E-state index in [2.05, 4.69) is 0 Å². The summed E-state index contributed by atoms with van der Waals surface area (Å²) in [6.45, 7) is 5.28. The van der Waals surface area contributed by atoms with Gasteiger partial charge in [0.1, 0.15) is 0 Å². The highest BCUT2D eigenvalue weighted by atomic mass is 16.5. The Hall–Kier alpha value is -0.120. The second-order valence-electron chi connectivity index (χ2n) is 3.57. The molecule has 1 atom stereocenters. The van der Waals surface area contributed by atoms with Crippen LogP contribution in [0.1, 0.15) is 19.8 Å². The second kappa shape index (κ2) is 5.51. The molecule has 2 N–H and O–H groups in total. The molecular weight excluding hydrogens is 154 g/mol. The van der Waals surface area contributed by atoms with Gasteiger partial charge in [0.25, 0.3) is 0 Å². The van der Waals surface area contributed by atoms with Crippen molar-refractivity contribution in [3.63, 3.8) is 0 Å². The van der Waals surface area contributed by atoms with Crippen LogP contribution < -0.4 is 5.73 Å². The van der Waals surface area contributed by atoms with Crippen LogP contribution in [0.2, 0.25) is 0 Å². The second-order valence-corrected chi connectivity index (χ2v) is 3.57. The molecule has 0 aromatic rings. The number of nitrogens with two attached hydrogens (primary N) is 1. The van der Waals surface area contributed by atoms with Crippen molar-refractivity contribution in [3.05, 3.63) is 0 Å². The van der Waals surface area contributed by atoms with E-state index in [1.807, 2.05) is 6.92 Å².